The van der Waals surface area contributed by atoms with Crippen LogP contribution in [0.15, 0.2) is 30.3 Å². The third-order valence-corrected chi connectivity index (χ3v) is 5.80. The Kier molecular flexibility index (Phi) is 7.37. The first-order valence-corrected chi connectivity index (χ1v) is 9.05. The van der Waals surface area contributed by atoms with E-state index in [1.165, 1.54) is 43.4 Å². The van der Waals surface area contributed by atoms with Crippen LogP contribution in [0, 0.1) is 0 Å². The minimum absolute atomic E-state index is 0.190. The van der Waals surface area contributed by atoms with Crippen LogP contribution in [-0.2, 0) is 23.1 Å². The molecule has 0 bridgehead atoms. The van der Waals surface area contributed by atoms with Crippen molar-refractivity contribution in [2.75, 3.05) is 20.3 Å². The minimum Gasteiger partial charge on any atom is -0.467 e. The molecule has 7 nitrogen and oxygen atoms in total. The molecule has 146 valence electrons. The predicted molar refractivity (Wildman–Crippen MR) is 85.6 cm³/mol. The number of benzene rings is 1. The van der Waals surface area contributed by atoms with Crippen molar-refractivity contribution >= 4 is 19.5 Å². The monoisotopic (exact) mass is 397 g/mol. The summed E-state index contributed by atoms with van der Waals surface area (Å²) in [5.41, 5.74) is -0.190. The van der Waals surface area contributed by atoms with Gasteiger partial charge in [-0.2, -0.15) is 13.2 Å². The van der Waals surface area contributed by atoms with Crippen LogP contribution in [0.4, 0.5) is 13.2 Å². The van der Waals surface area contributed by atoms with E-state index in [4.69, 9.17) is 9.05 Å². The number of rotatable bonds is 8. The van der Waals surface area contributed by atoms with Gasteiger partial charge in [0.15, 0.2) is 0 Å². The summed E-state index contributed by atoms with van der Waals surface area (Å²) in [7, 11) is -4.59. The Labute approximate surface area is 148 Å². The molecule has 0 heterocycles. The average molecular weight is 397 g/mol. The molecule has 1 atom stereocenters. The van der Waals surface area contributed by atoms with Crippen molar-refractivity contribution < 1.29 is 41.1 Å². The topological polar surface area (TPSA) is 90.9 Å². The van der Waals surface area contributed by atoms with Gasteiger partial charge in [-0.1, -0.05) is 18.2 Å². The number of amides is 1. The first-order valence-electron chi connectivity index (χ1n) is 7.51. The highest BCUT2D eigenvalue weighted by molar-refractivity contribution is 7.57. The van der Waals surface area contributed by atoms with Gasteiger partial charge in [-0.3, -0.25) is 9.36 Å². The Balaban J connectivity index is 3.61. The molecule has 1 amide bonds. The molecule has 26 heavy (non-hydrogen) atoms. The minimum atomic E-state index is -5.54. The van der Waals surface area contributed by atoms with E-state index in [9.17, 15) is 27.3 Å². The number of hydrogen-bond donors (Lipinski definition) is 1. The normalized spacial score (nSPS) is 14.4. The van der Waals surface area contributed by atoms with Gasteiger partial charge in [-0.15, -0.1) is 0 Å². The van der Waals surface area contributed by atoms with E-state index >= 15 is 0 Å². The summed E-state index contributed by atoms with van der Waals surface area (Å²) >= 11 is 0. The predicted octanol–water partition coefficient (Wildman–Crippen LogP) is 3.11. The van der Waals surface area contributed by atoms with E-state index < -0.39 is 44.1 Å². The molecule has 0 spiro atoms. The fourth-order valence-corrected chi connectivity index (χ4v) is 4.12. The average Bonchev–Trinajstić information content (AvgIpc) is 2.58. The quantitative estimate of drug-likeness (QED) is 0.536. The Morgan fingerprint density at radius 3 is 1.96 bits per heavy atom. The molecular formula is C15H19F3NO6P. The maximum Gasteiger partial charge on any atom is 0.434 e. The molecule has 0 aliphatic carbocycles. The van der Waals surface area contributed by atoms with E-state index in [0.29, 0.717) is 7.11 Å². The third kappa shape index (κ3) is 4.08. The SMILES string of the molecule is CCOP(=O)(OCC)C(NC(=O)c1ccccc1)(C(=O)OC)C(F)(F)F. The second-order valence-corrected chi connectivity index (χ2v) is 7.04. The summed E-state index contributed by atoms with van der Waals surface area (Å²) < 4.78 is 68.6. The third-order valence-electron chi connectivity index (χ3n) is 3.23. The number of methoxy groups -OCH3 is 1. The van der Waals surface area contributed by atoms with Crippen LogP contribution in [0.5, 0.6) is 0 Å². The fraction of sp³-hybridized carbons (Fsp3) is 0.467. The maximum absolute atomic E-state index is 14.0. The molecule has 1 unspecified atom stereocenters. The smallest absolute Gasteiger partial charge is 0.434 e. The van der Waals surface area contributed by atoms with Crippen molar-refractivity contribution in [3.8, 4) is 0 Å². The van der Waals surface area contributed by atoms with Gasteiger partial charge in [0, 0.05) is 5.56 Å². The van der Waals surface area contributed by atoms with E-state index in [0.717, 1.165) is 0 Å². The Hall–Kier alpha value is -1.90. The lowest BCUT2D eigenvalue weighted by Crippen LogP contribution is -2.64. The molecule has 0 aliphatic heterocycles. The second kappa shape index (κ2) is 8.66. The van der Waals surface area contributed by atoms with Gasteiger partial charge < -0.3 is 19.1 Å². The van der Waals surface area contributed by atoms with Gasteiger partial charge in [-0.25, -0.2) is 4.79 Å². The van der Waals surface area contributed by atoms with Crippen molar-refractivity contribution in [1.29, 1.82) is 0 Å². The van der Waals surface area contributed by atoms with Gasteiger partial charge in [0.2, 0.25) is 0 Å². The van der Waals surface area contributed by atoms with Crippen LogP contribution in [0.2, 0.25) is 0 Å². The van der Waals surface area contributed by atoms with Crippen LogP contribution >= 0.6 is 7.60 Å². The molecule has 1 aromatic carbocycles. The number of esters is 1. The van der Waals surface area contributed by atoms with Crippen molar-refractivity contribution in [2.24, 2.45) is 0 Å². The molecule has 0 aliphatic rings. The number of nitrogens with one attached hydrogen (secondary N) is 1. The largest absolute Gasteiger partial charge is 0.467 e. The lowest BCUT2D eigenvalue weighted by atomic mass is 10.2. The Morgan fingerprint density at radius 2 is 1.58 bits per heavy atom. The van der Waals surface area contributed by atoms with E-state index in [1.807, 2.05) is 0 Å². The van der Waals surface area contributed by atoms with Crippen LogP contribution in [-0.4, -0.2) is 43.7 Å². The number of hydrogen-bond acceptors (Lipinski definition) is 6. The summed E-state index contributed by atoms with van der Waals surface area (Å²) in [5.74, 6) is -3.31. The van der Waals surface area contributed by atoms with Crippen molar-refractivity contribution in [2.45, 2.75) is 25.3 Å². The van der Waals surface area contributed by atoms with Crippen LogP contribution in [0.3, 0.4) is 0 Å². The Morgan fingerprint density at radius 1 is 1.08 bits per heavy atom. The van der Waals surface area contributed by atoms with Crippen LogP contribution in [0.25, 0.3) is 0 Å². The van der Waals surface area contributed by atoms with Gasteiger partial charge >= 0.3 is 25.0 Å². The van der Waals surface area contributed by atoms with E-state index in [-0.39, 0.29) is 5.56 Å². The lowest BCUT2D eigenvalue weighted by molar-refractivity contribution is -0.194. The Bertz CT molecular complexity index is 672. The van der Waals surface area contributed by atoms with Crippen molar-refractivity contribution in [3.63, 3.8) is 0 Å². The summed E-state index contributed by atoms with van der Waals surface area (Å²) in [5, 5.41) is -2.52. The molecule has 0 aromatic heterocycles. The molecule has 0 saturated carbocycles. The number of alkyl halides is 3. The van der Waals surface area contributed by atoms with Crippen LogP contribution in [0.1, 0.15) is 24.2 Å². The first-order chi connectivity index (χ1) is 12.1. The second-order valence-electron chi connectivity index (χ2n) is 4.85. The van der Waals surface area contributed by atoms with Gasteiger partial charge in [-0.05, 0) is 26.0 Å². The van der Waals surface area contributed by atoms with Gasteiger partial charge in [0.05, 0.1) is 20.3 Å². The van der Waals surface area contributed by atoms with Crippen molar-refractivity contribution in [3.05, 3.63) is 35.9 Å². The summed E-state index contributed by atoms with van der Waals surface area (Å²) in [4.78, 5) is 24.5. The number of halogens is 3. The molecule has 0 saturated heterocycles. The van der Waals surface area contributed by atoms with Crippen LogP contribution < -0.4 is 5.32 Å². The zero-order valence-electron chi connectivity index (χ0n) is 14.3. The molecule has 11 heteroatoms. The molecule has 0 radical (unpaired) electrons. The van der Waals surface area contributed by atoms with E-state index in [2.05, 4.69) is 4.74 Å². The van der Waals surface area contributed by atoms with Crippen molar-refractivity contribution in [1.82, 2.24) is 5.32 Å². The molecule has 1 aromatic rings. The number of carbonyl (C=O) groups excluding carboxylic acids is 2. The first kappa shape index (κ1) is 22.1. The molecular weight excluding hydrogens is 378 g/mol. The maximum atomic E-state index is 14.0. The standard InChI is InChI=1S/C15H19F3NO6P/c1-4-24-26(22,25-5-2)14(13(21)23-3,15(16,17)18)19-12(20)11-9-7-6-8-10-11/h6-10H,4-5H2,1-3H3,(H,19,20). The van der Waals surface area contributed by atoms with Gasteiger partial charge in [0.25, 0.3) is 5.91 Å². The highest BCUT2D eigenvalue weighted by Crippen LogP contribution is 2.64. The molecule has 1 N–H and O–H groups in total. The molecule has 1 rings (SSSR count). The summed E-state index contributed by atoms with van der Waals surface area (Å²) in [6.45, 7) is 1.60. The highest BCUT2D eigenvalue weighted by atomic mass is 31.2. The summed E-state index contributed by atoms with van der Waals surface area (Å²) in [6, 6.07) is 6.80. The number of carbonyl (C=O) groups is 2. The highest BCUT2D eigenvalue weighted by Gasteiger charge is 2.75. The lowest BCUT2D eigenvalue weighted by Gasteiger charge is -2.37. The zero-order chi connectivity index (χ0) is 20.0. The molecule has 0 fully saturated rings. The fourth-order valence-electron chi connectivity index (χ4n) is 2.12. The zero-order valence-corrected chi connectivity index (χ0v) is 15.2. The van der Waals surface area contributed by atoms with E-state index in [1.54, 1.807) is 6.07 Å². The van der Waals surface area contributed by atoms with Gasteiger partial charge in [0.1, 0.15) is 0 Å². The number of ether oxygens (including phenoxy) is 1. The summed E-state index contributed by atoms with van der Waals surface area (Å²) in [6.07, 6.45) is -5.54.